The molecule has 0 radical (unpaired) electrons. The number of carbonyl (C=O) groups excluding carboxylic acids is 1. The third-order valence-electron chi connectivity index (χ3n) is 8.93. The summed E-state index contributed by atoms with van der Waals surface area (Å²) < 4.78 is 0. The van der Waals surface area contributed by atoms with Crippen LogP contribution in [0.25, 0.3) is 0 Å². The number of carbonyl (C=O) groups is 1. The molecule has 0 aromatic heterocycles. The molecule has 0 heterocycles. The Kier molecular flexibility index (Phi) is 10.0. The molecular weight excluding hydrogens is 604 g/mol. The molecule has 4 aromatic rings. The van der Waals surface area contributed by atoms with Crippen molar-refractivity contribution >= 4 is 23.1 Å². The molecule has 0 bridgehead atoms. The van der Waals surface area contributed by atoms with Crippen LogP contribution in [0.5, 0.6) is 11.5 Å². The minimum atomic E-state index is -0.423. The zero-order valence-corrected chi connectivity index (χ0v) is 32.1. The number of nitrogens with zero attached hydrogens (tertiary/aromatic N) is 2. The van der Waals surface area contributed by atoms with E-state index in [1.165, 1.54) is 0 Å². The SMILES string of the molecule is Cc1ccc(N=C(c2cc(C(C)(C)C)c(O)c(C(C)(C)C)c2)N(C(=O)c2cc(C(C)(C)C)c(O)c(C(C)(C)C)c2)c2ccc(C)cc2)cc1. The number of phenolic OH excluding ortho intramolecular Hbond substituents is 2. The fourth-order valence-electron chi connectivity index (χ4n) is 5.95. The Morgan fingerprint density at radius 1 is 0.531 bits per heavy atom. The van der Waals surface area contributed by atoms with Crippen molar-refractivity contribution in [2.45, 2.75) is 119 Å². The predicted octanol–water partition coefficient (Wildman–Crippen LogP) is 11.3. The Bertz CT molecular complexity index is 1800. The Morgan fingerprint density at radius 3 is 1.20 bits per heavy atom. The second kappa shape index (κ2) is 13.2. The zero-order chi connectivity index (χ0) is 36.9. The third-order valence-corrected chi connectivity index (χ3v) is 8.93. The minimum absolute atomic E-state index is 0.218. The summed E-state index contributed by atoms with van der Waals surface area (Å²) in [7, 11) is 0. The van der Waals surface area contributed by atoms with Crippen molar-refractivity contribution in [2.75, 3.05) is 4.90 Å². The second-order valence-corrected chi connectivity index (χ2v) is 17.6. The first-order valence-electron chi connectivity index (χ1n) is 17.2. The van der Waals surface area contributed by atoms with E-state index in [1.54, 1.807) is 4.90 Å². The van der Waals surface area contributed by atoms with E-state index < -0.39 is 21.7 Å². The normalized spacial score (nSPS) is 13.1. The standard InChI is InChI=1S/C44H56N2O3/c1-27-15-19-31(20-16-27)45-39(29-23-33(41(3,4)5)37(47)34(24-29)42(6,7)8)46(32-21-17-28(2)18-22-32)40(49)30-25-35(43(9,10)11)38(48)36(26-30)44(12,13)14/h15-26,47-48H,1-14H3. The molecule has 0 saturated heterocycles. The Hall–Kier alpha value is -4.38. The van der Waals surface area contributed by atoms with Crippen LogP contribution in [0.4, 0.5) is 11.4 Å². The van der Waals surface area contributed by atoms with Gasteiger partial charge < -0.3 is 10.2 Å². The molecule has 0 saturated carbocycles. The van der Waals surface area contributed by atoms with Gasteiger partial charge in [-0.15, -0.1) is 0 Å². The number of aliphatic imine (C=N–C) groups is 1. The number of hydrogen-bond donors (Lipinski definition) is 2. The van der Waals surface area contributed by atoms with Crippen LogP contribution in [0, 0.1) is 13.8 Å². The van der Waals surface area contributed by atoms with Gasteiger partial charge >= 0.3 is 0 Å². The van der Waals surface area contributed by atoms with Crippen molar-refractivity contribution in [1.29, 1.82) is 0 Å². The summed E-state index contributed by atoms with van der Waals surface area (Å²) in [6, 6.07) is 23.4. The van der Waals surface area contributed by atoms with E-state index >= 15 is 4.79 Å². The molecule has 0 aliphatic carbocycles. The zero-order valence-electron chi connectivity index (χ0n) is 32.1. The van der Waals surface area contributed by atoms with Crippen LogP contribution in [0.2, 0.25) is 0 Å². The molecule has 1 amide bonds. The van der Waals surface area contributed by atoms with Crippen molar-refractivity contribution in [2.24, 2.45) is 4.99 Å². The number of rotatable bonds is 4. The van der Waals surface area contributed by atoms with Gasteiger partial charge in [0, 0.05) is 33.4 Å². The van der Waals surface area contributed by atoms with Gasteiger partial charge in [-0.2, -0.15) is 0 Å². The van der Waals surface area contributed by atoms with E-state index in [1.807, 2.05) is 128 Å². The molecule has 0 atom stereocenters. The highest BCUT2D eigenvalue weighted by Gasteiger charge is 2.33. The number of amides is 1. The Balaban J connectivity index is 2.17. The van der Waals surface area contributed by atoms with Crippen LogP contribution in [-0.4, -0.2) is 22.0 Å². The fourth-order valence-corrected chi connectivity index (χ4v) is 5.95. The smallest absolute Gasteiger partial charge is 0.264 e. The highest BCUT2D eigenvalue weighted by Crippen LogP contribution is 2.42. The van der Waals surface area contributed by atoms with Crippen LogP contribution >= 0.6 is 0 Å². The molecule has 4 aromatic carbocycles. The van der Waals surface area contributed by atoms with Crippen molar-refractivity contribution in [3.63, 3.8) is 0 Å². The van der Waals surface area contributed by atoms with Gasteiger partial charge in [0.1, 0.15) is 17.3 Å². The van der Waals surface area contributed by atoms with Gasteiger partial charge in [0.25, 0.3) is 5.91 Å². The number of amidine groups is 1. The molecule has 0 fully saturated rings. The number of anilines is 1. The largest absolute Gasteiger partial charge is 0.507 e. The lowest BCUT2D eigenvalue weighted by molar-refractivity contribution is 0.100. The second-order valence-electron chi connectivity index (χ2n) is 17.6. The van der Waals surface area contributed by atoms with E-state index in [0.29, 0.717) is 39.5 Å². The fraction of sp³-hybridized carbons (Fsp3) is 0.409. The number of hydrogen-bond acceptors (Lipinski definition) is 4. The Labute approximate surface area is 294 Å². The summed E-state index contributed by atoms with van der Waals surface area (Å²) in [6.07, 6.45) is 0. The maximum absolute atomic E-state index is 15.3. The lowest BCUT2D eigenvalue weighted by atomic mass is 9.78. The highest BCUT2D eigenvalue weighted by molar-refractivity contribution is 6.28. The van der Waals surface area contributed by atoms with Crippen molar-refractivity contribution in [3.05, 3.63) is 117 Å². The minimum Gasteiger partial charge on any atom is -0.507 e. The predicted molar refractivity (Wildman–Crippen MR) is 206 cm³/mol. The molecule has 4 rings (SSSR count). The first-order chi connectivity index (χ1) is 22.4. The van der Waals surface area contributed by atoms with E-state index in [4.69, 9.17) is 4.99 Å². The first kappa shape index (κ1) is 37.4. The monoisotopic (exact) mass is 660 g/mol. The van der Waals surface area contributed by atoms with Crippen molar-refractivity contribution in [1.82, 2.24) is 0 Å². The molecule has 0 aliphatic heterocycles. The molecule has 5 nitrogen and oxygen atoms in total. The lowest BCUT2D eigenvalue weighted by Crippen LogP contribution is -2.38. The van der Waals surface area contributed by atoms with E-state index in [9.17, 15) is 10.2 Å². The lowest BCUT2D eigenvalue weighted by Gasteiger charge is -2.32. The van der Waals surface area contributed by atoms with Crippen molar-refractivity contribution < 1.29 is 15.0 Å². The van der Waals surface area contributed by atoms with Gasteiger partial charge in [0.15, 0.2) is 0 Å². The summed E-state index contributed by atoms with van der Waals surface area (Å²) in [4.78, 5) is 22.2. The molecule has 49 heavy (non-hydrogen) atoms. The highest BCUT2D eigenvalue weighted by atomic mass is 16.3. The van der Waals surface area contributed by atoms with Gasteiger partial charge in [0.2, 0.25) is 0 Å². The molecule has 0 unspecified atom stereocenters. The van der Waals surface area contributed by atoms with Gasteiger partial charge in [-0.1, -0.05) is 118 Å². The molecule has 5 heteroatoms. The average Bonchev–Trinajstić information content (AvgIpc) is 2.96. The third kappa shape index (κ3) is 8.26. The summed E-state index contributed by atoms with van der Waals surface area (Å²) in [5.41, 5.74) is 6.03. The molecule has 2 N–H and O–H groups in total. The number of aryl methyl sites for hydroxylation is 2. The number of benzene rings is 4. The molecule has 0 aliphatic rings. The van der Waals surface area contributed by atoms with Crippen LogP contribution in [0.15, 0.2) is 77.8 Å². The van der Waals surface area contributed by atoms with Gasteiger partial charge in [0.05, 0.1) is 11.4 Å². The van der Waals surface area contributed by atoms with Crippen molar-refractivity contribution in [3.8, 4) is 11.5 Å². The van der Waals surface area contributed by atoms with Gasteiger partial charge in [-0.05, 0) is 84.0 Å². The molecular formula is C44H56N2O3. The first-order valence-corrected chi connectivity index (χ1v) is 17.2. The topological polar surface area (TPSA) is 73.1 Å². The number of aromatic hydroxyl groups is 2. The van der Waals surface area contributed by atoms with Crippen LogP contribution in [0.3, 0.4) is 0 Å². The van der Waals surface area contributed by atoms with E-state index in [-0.39, 0.29) is 17.4 Å². The molecule has 0 spiro atoms. The summed E-state index contributed by atoms with van der Waals surface area (Å²) >= 11 is 0. The van der Waals surface area contributed by atoms with E-state index in [2.05, 4.69) is 41.5 Å². The number of phenols is 2. The van der Waals surface area contributed by atoms with Gasteiger partial charge in [-0.3, -0.25) is 9.69 Å². The average molecular weight is 661 g/mol. The quantitative estimate of drug-likeness (QED) is 0.169. The van der Waals surface area contributed by atoms with Gasteiger partial charge in [-0.25, -0.2) is 4.99 Å². The maximum Gasteiger partial charge on any atom is 0.264 e. The molecule has 260 valence electrons. The van der Waals surface area contributed by atoms with E-state index in [0.717, 1.165) is 22.3 Å². The summed E-state index contributed by atoms with van der Waals surface area (Å²) in [5, 5.41) is 23.2. The summed E-state index contributed by atoms with van der Waals surface area (Å²) in [5.74, 6) is 0.648. The van der Waals surface area contributed by atoms with Crippen LogP contribution < -0.4 is 4.90 Å². The summed E-state index contributed by atoms with van der Waals surface area (Å²) in [6.45, 7) is 28.8. The Morgan fingerprint density at radius 2 is 0.857 bits per heavy atom. The van der Waals surface area contributed by atoms with Crippen LogP contribution in [0.1, 0.15) is 132 Å². The maximum atomic E-state index is 15.3. The van der Waals surface area contributed by atoms with Crippen LogP contribution in [-0.2, 0) is 21.7 Å².